The summed E-state index contributed by atoms with van der Waals surface area (Å²) >= 11 is 17.2. The normalized spacial score (nSPS) is 13.4. The SMILES string of the molecule is CNNC(=O)c1ccc(C(F)=CC(c2cc(Cl)c(Cl)c(Cl)c2)C(F)(F)F)cc1C(F)(F)F.Cl. The number of hydrogen-bond acceptors (Lipinski definition) is 2. The molecule has 3 nitrogen and oxygen atoms in total. The molecule has 1 unspecified atom stereocenters. The molecule has 33 heavy (non-hydrogen) atoms. The number of hydrazine groups is 1. The van der Waals surface area contributed by atoms with E-state index in [0.29, 0.717) is 6.07 Å². The smallest absolute Gasteiger partial charge is 0.288 e. The number of rotatable bonds is 5. The van der Waals surface area contributed by atoms with E-state index in [2.05, 4.69) is 5.43 Å². The van der Waals surface area contributed by atoms with Crippen molar-refractivity contribution < 1.29 is 35.5 Å². The Balaban J connectivity index is 0.00000544. The van der Waals surface area contributed by atoms with Crippen LogP contribution in [-0.4, -0.2) is 19.1 Å². The lowest BCUT2D eigenvalue weighted by atomic mass is 9.95. The minimum absolute atomic E-state index is 0. The van der Waals surface area contributed by atoms with Gasteiger partial charge in [-0.2, -0.15) is 26.3 Å². The molecule has 2 aromatic rings. The van der Waals surface area contributed by atoms with Crippen LogP contribution >= 0.6 is 47.2 Å². The molecule has 2 N–H and O–H groups in total. The molecule has 182 valence electrons. The molecule has 0 fully saturated rings. The van der Waals surface area contributed by atoms with Crippen LogP contribution < -0.4 is 10.9 Å². The summed E-state index contributed by atoms with van der Waals surface area (Å²) in [5, 5.41) is -0.860. The standard InChI is InChI=1S/C19H12Cl3F7N2O.ClH/c1-30-31-17(32)10-3-2-8(4-12(10)19(27,28)29)15(23)7-11(18(24,25)26)9-5-13(20)16(22)14(21)6-9;/h2-7,11,30H,1H3,(H,31,32);1H. The van der Waals surface area contributed by atoms with Crippen LogP contribution in [0.2, 0.25) is 15.1 Å². The van der Waals surface area contributed by atoms with Crippen molar-refractivity contribution in [3.05, 3.63) is 73.7 Å². The Hall–Kier alpha value is -1.72. The first-order valence-corrected chi connectivity index (χ1v) is 9.57. The molecule has 0 spiro atoms. The topological polar surface area (TPSA) is 41.1 Å². The van der Waals surface area contributed by atoms with Gasteiger partial charge in [-0.25, -0.2) is 9.82 Å². The third-order valence-corrected chi connectivity index (χ3v) is 5.31. The fourth-order valence-electron chi connectivity index (χ4n) is 2.68. The Bertz CT molecular complexity index is 1030. The van der Waals surface area contributed by atoms with Crippen molar-refractivity contribution >= 4 is 58.9 Å². The third-order valence-electron chi connectivity index (χ3n) is 4.11. The Morgan fingerprint density at radius 1 is 1.00 bits per heavy atom. The molecule has 0 aliphatic rings. The number of alkyl halides is 6. The second-order valence-corrected chi connectivity index (χ2v) is 7.49. The van der Waals surface area contributed by atoms with E-state index >= 15 is 0 Å². The van der Waals surface area contributed by atoms with E-state index in [1.165, 1.54) is 7.05 Å². The van der Waals surface area contributed by atoms with Crippen LogP contribution in [0.5, 0.6) is 0 Å². The van der Waals surface area contributed by atoms with Crippen LogP contribution in [0, 0.1) is 0 Å². The number of hydrogen-bond donors (Lipinski definition) is 2. The van der Waals surface area contributed by atoms with Gasteiger partial charge in [-0.3, -0.25) is 10.2 Å². The highest BCUT2D eigenvalue weighted by Gasteiger charge is 2.41. The lowest BCUT2D eigenvalue weighted by molar-refractivity contribution is -0.140. The summed E-state index contributed by atoms with van der Waals surface area (Å²) < 4.78 is 95.6. The molecule has 0 aromatic heterocycles. The fourth-order valence-corrected chi connectivity index (χ4v) is 3.30. The zero-order chi connectivity index (χ0) is 24.4. The molecule has 2 aromatic carbocycles. The fraction of sp³-hybridized carbons (Fsp3) is 0.211. The van der Waals surface area contributed by atoms with Gasteiger partial charge in [0.05, 0.1) is 26.2 Å². The maximum Gasteiger partial charge on any atom is 0.417 e. The van der Waals surface area contributed by atoms with Crippen LogP contribution in [0.25, 0.3) is 5.83 Å². The van der Waals surface area contributed by atoms with Gasteiger partial charge in [0.2, 0.25) is 0 Å². The van der Waals surface area contributed by atoms with E-state index in [0.717, 1.165) is 18.2 Å². The Morgan fingerprint density at radius 3 is 2.00 bits per heavy atom. The molecular formula is C19H13Cl4F7N2O. The highest BCUT2D eigenvalue weighted by Crippen LogP contribution is 2.42. The zero-order valence-corrected chi connectivity index (χ0v) is 19.2. The predicted molar refractivity (Wildman–Crippen MR) is 115 cm³/mol. The van der Waals surface area contributed by atoms with Crippen molar-refractivity contribution in [1.82, 2.24) is 10.9 Å². The predicted octanol–water partition coefficient (Wildman–Crippen LogP) is 7.61. The first-order chi connectivity index (χ1) is 14.7. The first-order valence-electron chi connectivity index (χ1n) is 8.44. The Morgan fingerprint density at radius 2 is 1.55 bits per heavy atom. The van der Waals surface area contributed by atoms with E-state index in [-0.39, 0.29) is 39.6 Å². The quantitative estimate of drug-likeness (QED) is 0.225. The Kier molecular flexibility index (Phi) is 9.89. The number of halogens is 11. The maximum atomic E-state index is 14.7. The van der Waals surface area contributed by atoms with Gasteiger partial charge in [-0.1, -0.05) is 40.9 Å². The van der Waals surface area contributed by atoms with Gasteiger partial charge in [-0.05, 0) is 35.9 Å². The zero-order valence-electron chi connectivity index (χ0n) is 16.1. The summed E-state index contributed by atoms with van der Waals surface area (Å²) in [5.41, 5.74) is 0.292. The Labute approximate surface area is 204 Å². The maximum absolute atomic E-state index is 14.7. The lowest BCUT2D eigenvalue weighted by Crippen LogP contribution is -2.35. The summed E-state index contributed by atoms with van der Waals surface area (Å²) in [5.74, 6) is -5.38. The number of allylic oxidation sites excluding steroid dienone is 1. The van der Waals surface area contributed by atoms with Crippen LogP contribution in [0.3, 0.4) is 0 Å². The molecule has 14 heteroatoms. The van der Waals surface area contributed by atoms with E-state index in [9.17, 15) is 35.5 Å². The van der Waals surface area contributed by atoms with E-state index in [1.54, 1.807) is 0 Å². The van der Waals surface area contributed by atoms with Gasteiger partial charge < -0.3 is 0 Å². The van der Waals surface area contributed by atoms with Crippen molar-refractivity contribution in [2.75, 3.05) is 7.05 Å². The second kappa shape index (κ2) is 11.1. The second-order valence-electron chi connectivity index (χ2n) is 6.29. The van der Waals surface area contributed by atoms with Crippen LogP contribution in [0.4, 0.5) is 30.7 Å². The van der Waals surface area contributed by atoms with Crippen molar-refractivity contribution in [3.63, 3.8) is 0 Å². The highest BCUT2D eigenvalue weighted by atomic mass is 35.5. The molecule has 0 bridgehead atoms. The van der Waals surface area contributed by atoms with Crippen molar-refractivity contribution in [1.29, 1.82) is 0 Å². The number of carbonyl (C=O) groups is 1. The summed E-state index contributed by atoms with van der Waals surface area (Å²) in [6.45, 7) is 0. The molecule has 2 rings (SSSR count). The van der Waals surface area contributed by atoms with Crippen molar-refractivity contribution in [2.24, 2.45) is 0 Å². The molecule has 0 radical (unpaired) electrons. The van der Waals surface area contributed by atoms with Crippen molar-refractivity contribution in [2.45, 2.75) is 18.3 Å². The third kappa shape index (κ3) is 7.13. The molecule has 0 saturated carbocycles. The van der Waals surface area contributed by atoms with Crippen LogP contribution in [0.15, 0.2) is 36.4 Å². The van der Waals surface area contributed by atoms with Crippen LogP contribution in [-0.2, 0) is 6.18 Å². The van der Waals surface area contributed by atoms with Crippen LogP contribution in [0.1, 0.15) is 33.0 Å². The molecule has 0 aliphatic heterocycles. The van der Waals surface area contributed by atoms with Gasteiger partial charge in [0.25, 0.3) is 5.91 Å². The summed E-state index contributed by atoms with van der Waals surface area (Å²) in [6, 6.07) is 3.29. The average Bonchev–Trinajstić information content (AvgIpc) is 2.67. The van der Waals surface area contributed by atoms with Gasteiger partial charge in [-0.15, -0.1) is 12.4 Å². The molecular weight excluding hydrogens is 547 g/mol. The number of amides is 1. The summed E-state index contributed by atoms with van der Waals surface area (Å²) in [6.07, 6.45) is -10.0. The summed E-state index contributed by atoms with van der Waals surface area (Å²) in [7, 11) is 1.23. The average molecular weight is 560 g/mol. The highest BCUT2D eigenvalue weighted by molar-refractivity contribution is 6.48. The molecule has 1 atom stereocenters. The first kappa shape index (κ1) is 29.3. The molecule has 1 amide bonds. The van der Waals surface area contributed by atoms with E-state index in [1.807, 2.05) is 5.43 Å². The van der Waals surface area contributed by atoms with Gasteiger partial charge >= 0.3 is 12.4 Å². The van der Waals surface area contributed by atoms with Gasteiger partial charge in [0.1, 0.15) is 11.7 Å². The molecule has 0 saturated heterocycles. The summed E-state index contributed by atoms with van der Waals surface area (Å²) in [4.78, 5) is 11.8. The minimum Gasteiger partial charge on any atom is -0.288 e. The van der Waals surface area contributed by atoms with E-state index < -0.39 is 52.3 Å². The minimum atomic E-state index is -5.09. The number of carbonyl (C=O) groups excluding carboxylic acids is 1. The van der Waals surface area contributed by atoms with Crippen molar-refractivity contribution in [3.8, 4) is 0 Å². The number of benzene rings is 2. The lowest BCUT2D eigenvalue weighted by Gasteiger charge is -2.19. The number of nitrogens with one attached hydrogen (secondary N) is 2. The van der Waals surface area contributed by atoms with Gasteiger partial charge in [0.15, 0.2) is 0 Å². The monoisotopic (exact) mass is 558 g/mol. The largest absolute Gasteiger partial charge is 0.417 e. The van der Waals surface area contributed by atoms with E-state index in [4.69, 9.17) is 34.8 Å². The molecule has 0 aliphatic carbocycles. The van der Waals surface area contributed by atoms with Gasteiger partial charge in [0, 0.05) is 12.6 Å². The molecule has 0 heterocycles.